The third-order valence-corrected chi connectivity index (χ3v) is 4.39. The molecule has 3 rings (SSSR count). The minimum Gasteiger partial charge on any atom is -0.497 e. The Balaban J connectivity index is 1.92. The zero-order chi connectivity index (χ0) is 15.5. The molecule has 2 aromatic rings. The fourth-order valence-corrected chi connectivity index (χ4v) is 3.36. The van der Waals surface area contributed by atoms with E-state index in [9.17, 15) is 4.79 Å². The minimum absolute atomic E-state index is 0.134. The Bertz CT molecular complexity index is 760. The number of benzene rings is 1. The molecule has 2 heterocycles. The third kappa shape index (κ3) is 2.88. The van der Waals surface area contributed by atoms with Crippen molar-refractivity contribution in [3.05, 3.63) is 59.3 Å². The fourth-order valence-electron chi connectivity index (χ4n) is 2.06. The van der Waals surface area contributed by atoms with Gasteiger partial charge in [-0.05, 0) is 35.9 Å². The van der Waals surface area contributed by atoms with Crippen LogP contribution >= 0.6 is 24.0 Å². The molecule has 0 radical (unpaired) electrons. The average molecular weight is 328 g/mol. The zero-order valence-electron chi connectivity index (χ0n) is 11.7. The van der Waals surface area contributed by atoms with Crippen molar-refractivity contribution in [1.29, 1.82) is 0 Å². The highest BCUT2D eigenvalue weighted by molar-refractivity contribution is 8.27. The topological polar surface area (TPSA) is 42.4 Å². The van der Waals surface area contributed by atoms with Crippen LogP contribution in [0.4, 0.5) is 5.69 Å². The quantitative estimate of drug-likeness (QED) is 0.637. The molecule has 1 aliphatic rings. The first kappa shape index (κ1) is 14.7. The Morgan fingerprint density at radius 2 is 2.18 bits per heavy atom. The minimum atomic E-state index is -0.134. The number of amides is 1. The summed E-state index contributed by atoms with van der Waals surface area (Å²) < 4.78 is 5.70. The van der Waals surface area contributed by atoms with Gasteiger partial charge in [-0.1, -0.05) is 36.1 Å². The van der Waals surface area contributed by atoms with E-state index in [-0.39, 0.29) is 5.91 Å². The molecule has 1 fully saturated rings. The van der Waals surface area contributed by atoms with E-state index in [0.29, 0.717) is 14.9 Å². The number of hydrogen-bond donors (Lipinski definition) is 0. The zero-order valence-corrected chi connectivity index (χ0v) is 13.4. The number of methoxy groups -OCH3 is 1. The van der Waals surface area contributed by atoms with E-state index < -0.39 is 0 Å². The molecule has 0 spiro atoms. The summed E-state index contributed by atoms with van der Waals surface area (Å²) >= 11 is 6.60. The lowest BCUT2D eigenvalue weighted by atomic mass is 10.2. The van der Waals surface area contributed by atoms with E-state index in [1.54, 1.807) is 25.6 Å². The van der Waals surface area contributed by atoms with Crippen LogP contribution in [0.25, 0.3) is 6.08 Å². The first-order valence-corrected chi connectivity index (χ1v) is 7.73. The summed E-state index contributed by atoms with van der Waals surface area (Å²) in [5.74, 6) is 0.613. The first-order valence-electron chi connectivity index (χ1n) is 6.51. The van der Waals surface area contributed by atoms with Gasteiger partial charge in [0.05, 0.1) is 23.9 Å². The molecule has 0 N–H and O–H groups in total. The van der Waals surface area contributed by atoms with E-state index in [1.807, 2.05) is 36.4 Å². The number of pyridine rings is 1. The number of thiocarbonyl (C=S) groups is 1. The molecule has 6 heteroatoms. The van der Waals surface area contributed by atoms with Gasteiger partial charge in [-0.2, -0.15) is 0 Å². The SMILES string of the molecule is COc1cccc(/C=C2\SC(=S)N(c3cccnc3)C2=O)c1. The van der Waals surface area contributed by atoms with Crippen molar-refractivity contribution >= 4 is 46.0 Å². The number of carbonyl (C=O) groups is 1. The molecule has 0 aliphatic carbocycles. The van der Waals surface area contributed by atoms with Crippen molar-refractivity contribution in [2.45, 2.75) is 0 Å². The highest BCUT2D eigenvalue weighted by Crippen LogP contribution is 2.35. The summed E-state index contributed by atoms with van der Waals surface area (Å²) in [5, 5.41) is 0. The number of thioether (sulfide) groups is 1. The largest absolute Gasteiger partial charge is 0.497 e. The van der Waals surface area contributed by atoms with E-state index in [0.717, 1.165) is 11.3 Å². The molecule has 4 nitrogen and oxygen atoms in total. The van der Waals surface area contributed by atoms with E-state index in [2.05, 4.69) is 4.98 Å². The number of rotatable bonds is 3. The van der Waals surface area contributed by atoms with Crippen molar-refractivity contribution in [2.24, 2.45) is 0 Å². The van der Waals surface area contributed by atoms with E-state index >= 15 is 0 Å². The van der Waals surface area contributed by atoms with Gasteiger partial charge in [0.1, 0.15) is 5.75 Å². The van der Waals surface area contributed by atoms with Gasteiger partial charge in [0.15, 0.2) is 4.32 Å². The average Bonchev–Trinajstić information content (AvgIpc) is 2.82. The van der Waals surface area contributed by atoms with Crippen molar-refractivity contribution in [2.75, 3.05) is 12.0 Å². The van der Waals surface area contributed by atoms with Crippen LogP contribution in [0.2, 0.25) is 0 Å². The summed E-state index contributed by atoms with van der Waals surface area (Å²) in [6, 6.07) is 11.1. The highest BCUT2D eigenvalue weighted by Gasteiger charge is 2.33. The number of anilines is 1. The second-order valence-electron chi connectivity index (χ2n) is 4.50. The lowest BCUT2D eigenvalue weighted by molar-refractivity contribution is -0.113. The predicted octanol–water partition coefficient (Wildman–Crippen LogP) is 3.50. The molecule has 0 unspecified atom stereocenters. The second kappa shape index (κ2) is 6.29. The molecule has 0 saturated carbocycles. The molecule has 1 aromatic heterocycles. The smallest absolute Gasteiger partial charge is 0.270 e. The maximum absolute atomic E-state index is 12.6. The maximum Gasteiger partial charge on any atom is 0.270 e. The first-order chi connectivity index (χ1) is 10.7. The van der Waals surface area contributed by atoms with Crippen LogP contribution in [-0.4, -0.2) is 22.3 Å². The number of carbonyl (C=O) groups excluding carboxylic acids is 1. The summed E-state index contributed by atoms with van der Waals surface area (Å²) in [4.78, 5) is 18.7. The van der Waals surface area contributed by atoms with Gasteiger partial charge in [-0.25, -0.2) is 0 Å². The van der Waals surface area contributed by atoms with Crippen molar-refractivity contribution in [3.8, 4) is 5.75 Å². The lowest BCUT2D eigenvalue weighted by Gasteiger charge is -2.13. The van der Waals surface area contributed by atoms with Crippen molar-refractivity contribution < 1.29 is 9.53 Å². The molecule has 1 aliphatic heterocycles. The number of ether oxygens (including phenoxy) is 1. The molecule has 1 saturated heterocycles. The summed E-state index contributed by atoms with van der Waals surface area (Å²) in [5.41, 5.74) is 1.57. The molecule has 110 valence electrons. The van der Waals surface area contributed by atoms with Crippen LogP contribution in [0.3, 0.4) is 0 Å². The number of aromatic nitrogens is 1. The van der Waals surface area contributed by atoms with Crippen LogP contribution in [0.5, 0.6) is 5.75 Å². The third-order valence-electron chi connectivity index (χ3n) is 3.09. The Morgan fingerprint density at radius 3 is 2.91 bits per heavy atom. The summed E-state index contributed by atoms with van der Waals surface area (Å²) in [6.45, 7) is 0. The van der Waals surface area contributed by atoms with Crippen molar-refractivity contribution in [3.63, 3.8) is 0 Å². The van der Waals surface area contributed by atoms with E-state index in [4.69, 9.17) is 17.0 Å². The predicted molar refractivity (Wildman–Crippen MR) is 92.9 cm³/mol. The van der Waals surface area contributed by atoms with Crippen LogP contribution in [0.1, 0.15) is 5.56 Å². The van der Waals surface area contributed by atoms with Gasteiger partial charge in [-0.15, -0.1) is 0 Å². The van der Waals surface area contributed by atoms with Gasteiger partial charge in [0.2, 0.25) is 0 Å². The van der Waals surface area contributed by atoms with Crippen LogP contribution in [0, 0.1) is 0 Å². The van der Waals surface area contributed by atoms with Gasteiger partial charge in [0, 0.05) is 6.20 Å². The van der Waals surface area contributed by atoms with Gasteiger partial charge in [-0.3, -0.25) is 14.7 Å². The van der Waals surface area contributed by atoms with Gasteiger partial charge < -0.3 is 4.74 Å². The standard InChI is InChI=1S/C16H12N2O2S2/c1-20-13-6-2-4-11(8-13)9-14-15(19)18(16(21)22-14)12-5-3-7-17-10-12/h2-10H,1H3/b14-9-. The number of nitrogens with zero attached hydrogens (tertiary/aromatic N) is 2. The normalized spacial score (nSPS) is 16.4. The fraction of sp³-hybridized carbons (Fsp3) is 0.0625. The summed E-state index contributed by atoms with van der Waals surface area (Å²) in [7, 11) is 1.61. The lowest BCUT2D eigenvalue weighted by Crippen LogP contribution is -2.27. The van der Waals surface area contributed by atoms with E-state index in [1.165, 1.54) is 16.7 Å². The molecular formula is C16H12N2O2S2. The Kier molecular flexibility index (Phi) is 4.22. The second-order valence-corrected chi connectivity index (χ2v) is 6.18. The van der Waals surface area contributed by atoms with Gasteiger partial charge >= 0.3 is 0 Å². The van der Waals surface area contributed by atoms with Crippen molar-refractivity contribution in [1.82, 2.24) is 4.98 Å². The molecule has 22 heavy (non-hydrogen) atoms. The molecule has 0 atom stereocenters. The van der Waals surface area contributed by atoms with Gasteiger partial charge in [0.25, 0.3) is 5.91 Å². The Hall–Kier alpha value is -2.18. The Morgan fingerprint density at radius 1 is 1.32 bits per heavy atom. The number of hydrogen-bond acceptors (Lipinski definition) is 5. The van der Waals surface area contributed by atoms with Crippen LogP contribution in [-0.2, 0) is 4.79 Å². The summed E-state index contributed by atoms with van der Waals surface area (Å²) in [6.07, 6.45) is 5.10. The molecule has 1 aromatic carbocycles. The monoisotopic (exact) mass is 328 g/mol. The Labute approximate surface area is 137 Å². The molecular weight excluding hydrogens is 316 g/mol. The molecule has 1 amide bonds. The maximum atomic E-state index is 12.6. The van der Waals surface area contributed by atoms with Crippen LogP contribution in [0.15, 0.2) is 53.7 Å². The highest BCUT2D eigenvalue weighted by atomic mass is 32.2. The molecule has 0 bridgehead atoms. The van der Waals surface area contributed by atoms with Crippen LogP contribution < -0.4 is 9.64 Å².